The first-order valence-electron chi connectivity index (χ1n) is 11.6. The molecule has 0 heteroatoms. The number of unbranched alkanes of at least 4 members (excludes halogenated alkanes) is 2. The van der Waals surface area contributed by atoms with Crippen LogP contribution in [0.5, 0.6) is 0 Å². The van der Waals surface area contributed by atoms with Crippen LogP contribution >= 0.6 is 0 Å². The molecule has 2 fully saturated rings. The zero-order valence-corrected chi connectivity index (χ0v) is 17.2. The van der Waals surface area contributed by atoms with E-state index in [4.69, 9.17) is 0 Å². The Hall–Kier alpha value is -0.520. The molecule has 0 heterocycles. The molecule has 0 aliphatic heterocycles. The lowest BCUT2D eigenvalue weighted by Crippen LogP contribution is -2.14. The molecule has 2 aliphatic carbocycles. The largest absolute Gasteiger partial charge is 0.0885 e. The molecule has 0 amide bonds. The molecular weight excluding hydrogens is 300 g/mol. The third-order valence-corrected chi connectivity index (χ3v) is 6.79. The zero-order valence-electron chi connectivity index (χ0n) is 17.2. The third-order valence-electron chi connectivity index (χ3n) is 6.79. The molecule has 0 aromatic carbocycles. The molecule has 0 atom stereocenters. The van der Waals surface area contributed by atoms with Crippen molar-refractivity contribution in [1.29, 1.82) is 0 Å². The summed E-state index contributed by atoms with van der Waals surface area (Å²) in [6.45, 7) is 4.56. The van der Waals surface area contributed by atoms with E-state index in [0.29, 0.717) is 0 Å². The van der Waals surface area contributed by atoms with Crippen molar-refractivity contribution in [1.82, 2.24) is 0 Å². The molecule has 2 aliphatic rings. The van der Waals surface area contributed by atoms with Crippen molar-refractivity contribution in [2.45, 2.75) is 110 Å². The maximum Gasteiger partial charge on any atom is -0.0233 e. The maximum absolute atomic E-state index is 2.57. The van der Waals surface area contributed by atoms with Gasteiger partial charge in [0.05, 0.1) is 0 Å². The van der Waals surface area contributed by atoms with Crippen LogP contribution < -0.4 is 0 Å². The highest BCUT2D eigenvalue weighted by atomic mass is 14.3. The van der Waals surface area contributed by atoms with Gasteiger partial charge in [0, 0.05) is 0 Å². The Kier molecular flexibility index (Phi) is 10.6. The molecule has 0 aromatic rings. The Morgan fingerprint density at radius 2 is 1.20 bits per heavy atom. The quantitative estimate of drug-likeness (QED) is 0.275. The average molecular weight is 345 g/mol. The van der Waals surface area contributed by atoms with Crippen molar-refractivity contribution in [3.63, 3.8) is 0 Å². The van der Waals surface area contributed by atoms with Crippen molar-refractivity contribution in [2.75, 3.05) is 0 Å². The van der Waals surface area contributed by atoms with Gasteiger partial charge in [-0.15, -0.1) is 0 Å². The molecule has 2 saturated carbocycles. The van der Waals surface area contributed by atoms with Gasteiger partial charge >= 0.3 is 0 Å². The highest BCUT2D eigenvalue weighted by Crippen LogP contribution is 2.35. The van der Waals surface area contributed by atoms with E-state index in [2.05, 4.69) is 38.2 Å². The van der Waals surface area contributed by atoms with Gasteiger partial charge in [0.2, 0.25) is 0 Å². The molecule has 0 aromatic heterocycles. The van der Waals surface area contributed by atoms with Crippen LogP contribution in [0.25, 0.3) is 0 Å². The average Bonchev–Trinajstić information content (AvgIpc) is 2.66. The van der Waals surface area contributed by atoms with E-state index >= 15 is 0 Å². The Labute approximate surface area is 158 Å². The van der Waals surface area contributed by atoms with Crippen LogP contribution in [0.15, 0.2) is 24.3 Å². The molecule has 0 bridgehead atoms. The Morgan fingerprint density at radius 1 is 0.640 bits per heavy atom. The third kappa shape index (κ3) is 8.61. The monoisotopic (exact) mass is 344 g/mol. The van der Waals surface area contributed by atoms with Gasteiger partial charge in [-0.3, -0.25) is 0 Å². The number of rotatable bonds is 10. The first-order valence-corrected chi connectivity index (χ1v) is 11.6. The lowest BCUT2D eigenvalue weighted by molar-refractivity contribution is 0.250. The van der Waals surface area contributed by atoms with Crippen molar-refractivity contribution in [2.24, 2.45) is 23.7 Å². The second-order valence-electron chi connectivity index (χ2n) is 8.90. The molecule has 2 rings (SSSR count). The molecule has 0 spiro atoms. The highest BCUT2D eigenvalue weighted by Gasteiger charge is 2.20. The van der Waals surface area contributed by atoms with Crippen LogP contribution in [-0.2, 0) is 0 Å². The van der Waals surface area contributed by atoms with Crippen molar-refractivity contribution in [3.8, 4) is 0 Å². The fourth-order valence-electron chi connectivity index (χ4n) is 4.97. The smallest absolute Gasteiger partial charge is 0.0233 e. The Bertz CT molecular complexity index is 361. The lowest BCUT2D eigenvalue weighted by Gasteiger charge is -2.28. The van der Waals surface area contributed by atoms with E-state index < -0.39 is 0 Å². The van der Waals surface area contributed by atoms with Gasteiger partial charge in [-0.1, -0.05) is 89.5 Å². The minimum Gasteiger partial charge on any atom is -0.0885 e. The molecule has 0 N–H and O–H groups in total. The van der Waals surface area contributed by atoms with Crippen LogP contribution in [0.4, 0.5) is 0 Å². The summed E-state index contributed by atoms with van der Waals surface area (Å²) >= 11 is 0. The minimum absolute atomic E-state index is 0.872. The predicted molar refractivity (Wildman–Crippen MR) is 113 cm³/mol. The lowest BCUT2D eigenvalue weighted by atomic mass is 9.78. The van der Waals surface area contributed by atoms with Crippen LogP contribution in [-0.4, -0.2) is 0 Å². The van der Waals surface area contributed by atoms with Crippen LogP contribution in [0.1, 0.15) is 110 Å². The standard InChI is InChI=1S/C25H44/c1-3-5-7-11-23-18-20-25(21-19-23)13-9-8-12-24-16-14-22(15-17-24)10-6-4-2/h6,8,10,12,22-25H,3-5,7,9,11,13-21H2,1-2H3. The van der Waals surface area contributed by atoms with Crippen molar-refractivity contribution in [3.05, 3.63) is 24.3 Å². The Morgan fingerprint density at radius 3 is 1.76 bits per heavy atom. The summed E-state index contributed by atoms with van der Waals surface area (Å²) in [7, 11) is 0. The van der Waals surface area contributed by atoms with Gasteiger partial charge < -0.3 is 0 Å². The summed E-state index contributed by atoms with van der Waals surface area (Å²) in [4.78, 5) is 0. The van der Waals surface area contributed by atoms with Crippen molar-refractivity contribution >= 4 is 0 Å². The molecule has 144 valence electrons. The van der Waals surface area contributed by atoms with Gasteiger partial charge in [0.25, 0.3) is 0 Å². The van der Waals surface area contributed by atoms with Gasteiger partial charge in [-0.25, -0.2) is 0 Å². The maximum atomic E-state index is 2.57. The second kappa shape index (κ2) is 12.8. The highest BCUT2D eigenvalue weighted by molar-refractivity contribution is 4.96. The van der Waals surface area contributed by atoms with E-state index in [1.807, 2.05) is 0 Å². The van der Waals surface area contributed by atoms with Gasteiger partial charge in [-0.2, -0.15) is 0 Å². The van der Waals surface area contributed by atoms with E-state index in [9.17, 15) is 0 Å². The summed E-state index contributed by atoms with van der Waals surface area (Å²) in [6, 6.07) is 0. The van der Waals surface area contributed by atoms with Gasteiger partial charge in [0.15, 0.2) is 0 Å². The van der Waals surface area contributed by atoms with Gasteiger partial charge in [-0.05, 0) is 68.6 Å². The molecule has 0 unspecified atom stereocenters. The Balaban J connectivity index is 1.52. The number of hydrogen-bond acceptors (Lipinski definition) is 0. The van der Waals surface area contributed by atoms with Crippen LogP contribution in [0, 0.1) is 23.7 Å². The van der Waals surface area contributed by atoms with Crippen molar-refractivity contribution < 1.29 is 0 Å². The van der Waals surface area contributed by atoms with Crippen LogP contribution in [0.3, 0.4) is 0 Å². The minimum atomic E-state index is 0.872. The molecular formula is C25H44. The normalized spacial score (nSPS) is 31.1. The van der Waals surface area contributed by atoms with E-state index in [1.54, 1.807) is 0 Å². The van der Waals surface area contributed by atoms with Gasteiger partial charge in [0.1, 0.15) is 0 Å². The van der Waals surface area contributed by atoms with E-state index in [-0.39, 0.29) is 0 Å². The molecule has 0 radical (unpaired) electrons. The first kappa shape index (κ1) is 20.8. The van der Waals surface area contributed by atoms with E-state index in [1.165, 1.54) is 96.3 Å². The topological polar surface area (TPSA) is 0 Å². The summed E-state index contributed by atoms with van der Waals surface area (Å²) in [5.74, 6) is 3.84. The second-order valence-corrected chi connectivity index (χ2v) is 8.90. The summed E-state index contributed by atoms with van der Waals surface area (Å²) in [6.07, 6.45) is 31.4. The number of allylic oxidation sites excluding steroid dienone is 4. The fraction of sp³-hybridized carbons (Fsp3) is 0.840. The summed E-state index contributed by atoms with van der Waals surface area (Å²) < 4.78 is 0. The SMILES string of the molecule is CCC=CC1CCC(C=CCCC2CCC(CCCCC)CC2)CC1. The summed E-state index contributed by atoms with van der Waals surface area (Å²) in [5.41, 5.74) is 0. The van der Waals surface area contributed by atoms with Crippen LogP contribution in [0.2, 0.25) is 0 Å². The van der Waals surface area contributed by atoms with E-state index in [0.717, 1.165) is 23.7 Å². The molecule has 0 nitrogen and oxygen atoms in total. The number of hydrogen-bond donors (Lipinski definition) is 0. The molecule has 25 heavy (non-hydrogen) atoms. The fourth-order valence-corrected chi connectivity index (χ4v) is 4.97. The zero-order chi connectivity index (χ0) is 17.7. The molecule has 0 saturated heterocycles. The summed E-state index contributed by atoms with van der Waals surface area (Å²) in [5, 5.41) is 0. The first-order chi connectivity index (χ1) is 12.3. The predicted octanol–water partition coefficient (Wildman–Crippen LogP) is 8.48.